The van der Waals surface area contributed by atoms with E-state index in [-0.39, 0.29) is 10.9 Å². The number of nitrogens with one attached hydrogen (secondary N) is 1. The number of rotatable bonds is 4. The van der Waals surface area contributed by atoms with E-state index in [0.29, 0.717) is 0 Å². The number of carbonyl (C=O) groups excluding carboxylic acids is 1. The Morgan fingerprint density at radius 1 is 1.27 bits per heavy atom. The first-order chi connectivity index (χ1) is 10.3. The van der Waals surface area contributed by atoms with Crippen LogP contribution in [0, 0.1) is 0 Å². The van der Waals surface area contributed by atoms with E-state index in [1.165, 1.54) is 12.5 Å². The molecule has 0 spiro atoms. The van der Waals surface area contributed by atoms with Gasteiger partial charge in [-0.25, -0.2) is 0 Å². The van der Waals surface area contributed by atoms with Crippen molar-refractivity contribution in [2.75, 3.05) is 7.11 Å². The molecule has 118 valence electrons. The van der Waals surface area contributed by atoms with Gasteiger partial charge in [0.25, 0.3) is 0 Å². The van der Waals surface area contributed by atoms with Crippen molar-refractivity contribution in [2.45, 2.75) is 38.0 Å². The van der Waals surface area contributed by atoms with Gasteiger partial charge in [0.2, 0.25) is 5.91 Å². The molecule has 1 aliphatic rings. The molecular weight excluding hydrogens is 290 g/mol. The van der Waals surface area contributed by atoms with Gasteiger partial charge >= 0.3 is 0 Å². The SMILES string of the molecule is COc1ccccc1C1([Si](C)(C)C)C=CC(NC(C)=O)=CC1. The molecule has 3 nitrogen and oxygen atoms in total. The predicted molar refractivity (Wildman–Crippen MR) is 93.7 cm³/mol. The number of benzene rings is 1. The second-order valence-electron chi connectivity index (χ2n) is 6.80. The lowest BCUT2D eigenvalue weighted by Crippen LogP contribution is -2.49. The average Bonchev–Trinajstić information content (AvgIpc) is 2.46. The lowest BCUT2D eigenvalue weighted by Gasteiger charge is -2.43. The Kier molecular flexibility index (Phi) is 4.61. The van der Waals surface area contributed by atoms with Gasteiger partial charge in [0.1, 0.15) is 5.75 Å². The maximum atomic E-state index is 11.2. The topological polar surface area (TPSA) is 38.3 Å². The number of hydrogen-bond donors (Lipinski definition) is 1. The van der Waals surface area contributed by atoms with Gasteiger partial charge in [-0.05, 0) is 18.6 Å². The van der Waals surface area contributed by atoms with Crippen LogP contribution in [0.5, 0.6) is 5.75 Å². The summed E-state index contributed by atoms with van der Waals surface area (Å²) in [5.74, 6) is 0.902. The first kappa shape index (κ1) is 16.6. The van der Waals surface area contributed by atoms with Crippen molar-refractivity contribution in [3.05, 3.63) is 53.8 Å². The molecule has 1 aliphatic carbocycles. The van der Waals surface area contributed by atoms with Gasteiger partial charge in [-0.15, -0.1) is 0 Å². The first-order valence-corrected chi connectivity index (χ1v) is 11.1. The van der Waals surface area contributed by atoms with E-state index in [9.17, 15) is 4.79 Å². The summed E-state index contributed by atoms with van der Waals surface area (Å²) in [5.41, 5.74) is 2.13. The van der Waals surface area contributed by atoms with Crippen LogP contribution in [-0.4, -0.2) is 21.1 Å². The highest BCUT2D eigenvalue weighted by Crippen LogP contribution is 2.45. The monoisotopic (exact) mass is 315 g/mol. The number of allylic oxidation sites excluding steroid dienone is 3. The summed E-state index contributed by atoms with van der Waals surface area (Å²) in [7, 11) is 0.135. The molecule has 0 radical (unpaired) electrons. The summed E-state index contributed by atoms with van der Waals surface area (Å²) in [6.07, 6.45) is 7.32. The molecule has 0 aromatic heterocycles. The van der Waals surface area contributed by atoms with Gasteiger partial charge in [0.05, 0.1) is 15.2 Å². The second kappa shape index (κ2) is 6.13. The number of methoxy groups -OCH3 is 1. The van der Waals surface area contributed by atoms with Gasteiger partial charge in [0, 0.05) is 23.2 Å². The van der Waals surface area contributed by atoms with E-state index in [1.54, 1.807) is 7.11 Å². The Bertz CT molecular complexity index is 628. The quantitative estimate of drug-likeness (QED) is 0.859. The standard InChI is InChI=1S/C18H25NO2Si/c1-14(20)19-15-10-12-18(13-11-15,22(3,4)5)16-8-6-7-9-17(16)21-2/h6-12H,13H2,1-5H3,(H,19,20). The number of ether oxygens (including phenoxy) is 1. The summed E-state index contributed by atoms with van der Waals surface area (Å²) in [4.78, 5) is 11.2. The van der Waals surface area contributed by atoms with Crippen molar-refractivity contribution in [1.29, 1.82) is 0 Å². The van der Waals surface area contributed by atoms with Crippen LogP contribution in [0.25, 0.3) is 0 Å². The Balaban J connectivity index is 2.48. The van der Waals surface area contributed by atoms with Gasteiger partial charge < -0.3 is 10.1 Å². The molecule has 1 atom stereocenters. The van der Waals surface area contributed by atoms with E-state index >= 15 is 0 Å². The third-order valence-electron chi connectivity index (χ3n) is 4.44. The third-order valence-corrected chi connectivity index (χ3v) is 7.75. The lowest BCUT2D eigenvalue weighted by molar-refractivity contribution is -0.118. The molecule has 0 bridgehead atoms. The largest absolute Gasteiger partial charge is 0.496 e. The minimum absolute atomic E-state index is 0.0262. The minimum atomic E-state index is -1.59. The van der Waals surface area contributed by atoms with E-state index in [1.807, 2.05) is 18.2 Å². The number of hydrogen-bond acceptors (Lipinski definition) is 2. The van der Waals surface area contributed by atoms with Crippen molar-refractivity contribution < 1.29 is 9.53 Å². The Labute approximate surface area is 134 Å². The van der Waals surface area contributed by atoms with Crippen LogP contribution in [0.1, 0.15) is 18.9 Å². The van der Waals surface area contributed by atoms with Crippen molar-refractivity contribution in [3.8, 4) is 5.75 Å². The van der Waals surface area contributed by atoms with Crippen molar-refractivity contribution in [3.63, 3.8) is 0 Å². The fourth-order valence-electron chi connectivity index (χ4n) is 3.11. The van der Waals surface area contributed by atoms with Crippen molar-refractivity contribution in [2.24, 2.45) is 0 Å². The zero-order valence-electron chi connectivity index (χ0n) is 14.1. The second-order valence-corrected chi connectivity index (χ2v) is 12.2. The maximum absolute atomic E-state index is 11.2. The summed E-state index contributed by atoms with van der Waals surface area (Å²) in [6.45, 7) is 8.66. The molecule has 0 saturated heterocycles. The maximum Gasteiger partial charge on any atom is 0.221 e. The fourth-order valence-corrected chi connectivity index (χ4v) is 5.42. The molecule has 1 amide bonds. The number of amides is 1. The summed E-state index contributed by atoms with van der Waals surface area (Å²) in [5, 5.41) is 2.84. The van der Waals surface area contributed by atoms with Crippen molar-refractivity contribution in [1.82, 2.24) is 5.32 Å². The molecular formula is C18H25NO2Si. The number of carbonyl (C=O) groups is 1. The van der Waals surface area contributed by atoms with Crippen molar-refractivity contribution >= 4 is 14.0 Å². The van der Waals surface area contributed by atoms with Gasteiger partial charge in [-0.1, -0.05) is 50.0 Å². The van der Waals surface area contributed by atoms with E-state index in [2.05, 4.69) is 49.2 Å². The van der Waals surface area contributed by atoms with Crippen LogP contribution >= 0.6 is 0 Å². The highest BCUT2D eigenvalue weighted by molar-refractivity contribution is 6.79. The highest BCUT2D eigenvalue weighted by atomic mass is 28.3. The first-order valence-electron chi connectivity index (χ1n) is 7.61. The van der Waals surface area contributed by atoms with Crippen LogP contribution in [0.3, 0.4) is 0 Å². The van der Waals surface area contributed by atoms with E-state index < -0.39 is 8.07 Å². The van der Waals surface area contributed by atoms with Gasteiger partial charge in [0.15, 0.2) is 0 Å². The van der Waals surface area contributed by atoms with E-state index in [0.717, 1.165) is 17.9 Å². The van der Waals surface area contributed by atoms with Gasteiger partial charge in [-0.3, -0.25) is 4.79 Å². The average molecular weight is 315 g/mol. The van der Waals surface area contributed by atoms with Crippen LogP contribution < -0.4 is 10.1 Å². The van der Waals surface area contributed by atoms with Crippen LogP contribution in [0.4, 0.5) is 0 Å². The van der Waals surface area contributed by atoms with Crippen LogP contribution in [0.2, 0.25) is 19.6 Å². The molecule has 1 N–H and O–H groups in total. The molecule has 0 aliphatic heterocycles. The number of para-hydroxylation sites is 1. The molecule has 22 heavy (non-hydrogen) atoms. The summed E-state index contributed by atoms with van der Waals surface area (Å²) in [6, 6.07) is 8.27. The molecule has 1 aromatic carbocycles. The van der Waals surface area contributed by atoms with Crippen LogP contribution in [0.15, 0.2) is 48.2 Å². The van der Waals surface area contributed by atoms with E-state index in [4.69, 9.17) is 4.74 Å². The van der Waals surface area contributed by atoms with Crippen LogP contribution in [-0.2, 0) is 9.83 Å². The molecule has 4 heteroatoms. The minimum Gasteiger partial charge on any atom is -0.496 e. The zero-order chi connectivity index (χ0) is 16.4. The smallest absolute Gasteiger partial charge is 0.221 e. The fraction of sp³-hybridized carbons (Fsp3) is 0.389. The Hall–Kier alpha value is -1.81. The molecule has 1 unspecified atom stereocenters. The molecule has 0 fully saturated rings. The molecule has 0 heterocycles. The normalized spacial score (nSPS) is 21.2. The predicted octanol–water partition coefficient (Wildman–Crippen LogP) is 3.79. The molecule has 2 rings (SSSR count). The van der Waals surface area contributed by atoms with Gasteiger partial charge in [-0.2, -0.15) is 0 Å². The highest BCUT2D eigenvalue weighted by Gasteiger charge is 2.44. The summed E-state index contributed by atoms with van der Waals surface area (Å²) < 4.78 is 5.61. The zero-order valence-corrected chi connectivity index (χ0v) is 15.1. The Morgan fingerprint density at radius 3 is 2.45 bits per heavy atom. The third kappa shape index (κ3) is 3.02. The lowest BCUT2D eigenvalue weighted by atomic mass is 9.89. The molecule has 1 aromatic rings. The summed E-state index contributed by atoms with van der Waals surface area (Å²) >= 11 is 0. The molecule has 0 saturated carbocycles. The Morgan fingerprint density at radius 2 is 1.95 bits per heavy atom.